The summed E-state index contributed by atoms with van der Waals surface area (Å²) in [5.74, 6) is 0.475. The summed E-state index contributed by atoms with van der Waals surface area (Å²) in [5, 5.41) is 4.86. The molecule has 0 fully saturated rings. The molecule has 1 aliphatic carbocycles. The molecule has 2 heterocycles. The zero-order valence-corrected chi connectivity index (χ0v) is 23.0. The van der Waals surface area contributed by atoms with E-state index in [0.29, 0.717) is 5.92 Å². The van der Waals surface area contributed by atoms with Crippen LogP contribution in [0.25, 0.3) is 44.0 Å². The molecule has 6 rings (SSSR count). The third kappa shape index (κ3) is 3.26. The van der Waals surface area contributed by atoms with Gasteiger partial charge in [0.05, 0.1) is 5.56 Å². The smallest absolute Gasteiger partial charge is 0.220 e. The Balaban J connectivity index is 1.78. The van der Waals surface area contributed by atoms with E-state index in [1.54, 1.807) is 5.56 Å². The molecule has 0 aliphatic heterocycles. The third-order valence-electron chi connectivity index (χ3n) is 8.76. The summed E-state index contributed by atoms with van der Waals surface area (Å²) in [6.07, 6.45) is 4.79. The number of hydrogen-bond donors (Lipinski definition) is 0. The fraction of sp³-hybridized carbons (Fsp3) is 0.382. The fourth-order valence-corrected chi connectivity index (χ4v) is 6.70. The number of nitrogens with zero attached hydrogens (tertiary/aromatic N) is 1. The molecular formula is C34H38NO+. The van der Waals surface area contributed by atoms with Gasteiger partial charge in [0.25, 0.3) is 0 Å². The van der Waals surface area contributed by atoms with E-state index in [1.165, 1.54) is 62.3 Å². The number of fused-ring (bicyclic) bond motifs is 5. The normalized spacial score (nSPS) is 16.8. The first-order valence-corrected chi connectivity index (χ1v) is 13.4. The predicted octanol–water partition coefficient (Wildman–Crippen LogP) is 9.01. The van der Waals surface area contributed by atoms with Gasteiger partial charge >= 0.3 is 0 Å². The van der Waals surface area contributed by atoms with Gasteiger partial charge < -0.3 is 4.42 Å². The molecule has 0 N–H and O–H groups in total. The minimum atomic E-state index is 0.0815. The van der Waals surface area contributed by atoms with Gasteiger partial charge in [-0.1, -0.05) is 77.9 Å². The van der Waals surface area contributed by atoms with Crippen molar-refractivity contribution < 1.29 is 8.98 Å². The van der Waals surface area contributed by atoms with E-state index in [0.717, 1.165) is 11.2 Å². The number of aromatic nitrogens is 1. The number of pyridine rings is 1. The molecule has 0 spiro atoms. The first-order chi connectivity index (χ1) is 17.0. The van der Waals surface area contributed by atoms with Gasteiger partial charge in [-0.25, -0.2) is 4.57 Å². The zero-order chi connectivity index (χ0) is 25.6. The summed E-state index contributed by atoms with van der Waals surface area (Å²) >= 11 is 0. The highest BCUT2D eigenvalue weighted by molar-refractivity contribution is 6.13. The molecule has 2 aromatic heterocycles. The lowest BCUT2D eigenvalue weighted by molar-refractivity contribution is -0.661. The number of rotatable bonds is 2. The van der Waals surface area contributed by atoms with Crippen LogP contribution < -0.4 is 4.57 Å². The molecule has 0 radical (unpaired) electrons. The maximum Gasteiger partial charge on any atom is 0.220 e. The van der Waals surface area contributed by atoms with E-state index in [2.05, 4.69) is 115 Å². The maximum atomic E-state index is 6.76. The molecule has 36 heavy (non-hydrogen) atoms. The Morgan fingerprint density at radius 2 is 1.47 bits per heavy atom. The van der Waals surface area contributed by atoms with Gasteiger partial charge in [0.1, 0.15) is 18.2 Å². The molecule has 0 saturated carbocycles. The van der Waals surface area contributed by atoms with Crippen molar-refractivity contribution in [1.29, 1.82) is 0 Å². The van der Waals surface area contributed by atoms with E-state index in [-0.39, 0.29) is 10.8 Å². The van der Waals surface area contributed by atoms with E-state index < -0.39 is 0 Å². The van der Waals surface area contributed by atoms with E-state index in [4.69, 9.17) is 4.42 Å². The summed E-state index contributed by atoms with van der Waals surface area (Å²) in [5.41, 5.74) is 10.6. The Morgan fingerprint density at radius 3 is 2.14 bits per heavy atom. The Labute approximate surface area is 214 Å². The Hall–Kier alpha value is -3.13. The van der Waals surface area contributed by atoms with Gasteiger partial charge in [0.15, 0.2) is 6.20 Å². The second-order valence-electron chi connectivity index (χ2n) is 12.6. The molecule has 2 nitrogen and oxygen atoms in total. The van der Waals surface area contributed by atoms with Gasteiger partial charge in [-0.15, -0.1) is 0 Å². The first-order valence-electron chi connectivity index (χ1n) is 13.4. The molecule has 0 unspecified atom stereocenters. The lowest BCUT2D eigenvalue weighted by Crippen LogP contribution is -2.43. The van der Waals surface area contributed by atoms with E-state index in [1.807, 2.05) is 0 Å². The summed E-state index contributed by atoms with van der Waals surface area (Å²) in [7, 11) is 2.23. The maximum absolute atomic E-state index is 6.76. The second-order valence-corrected chi connectivity index (χ2v) is 12.6. The van der Waals surface area contributed by atoms with Gasteiger partial charge in [0, 0.05) is 21.9 Å². The topological polar surface area (TPSA) is 17.0 Å². The molecule has 0 amide bonds. The molecule has 3 aromatic carbocycles. The molecule has 0 saturated heterocycles. The highest BCUT2D eigenvalue weighted by Gasteiger charge is 2.45. The van der Waals surface area contributed by atoms with E-state index >= 15 is 0 Å². The summed E-state index contributed by atoms with van der Waals surface area (Å²) in [6.45, 7) is 16.7. The van der Waals surface area contributed by atoms with Gasteiger partial charge in [0.2, 0.25) is 5.69 Å². The van der Waals surface area contributed by atoms with Crippen molar-refractivity contribution in [3.8, 4) is 11.3 Å². The number of hydrogen-bond acceptors (Lipinski definition) is 1. The molecule has 1 aliphatic rings. The largest absolute Gasteiger partial charge is 0.455 e. The quantitative estimate of drug-likeness (QED) is 0.232. The minimum Gasteiger partial charge on any atom is -0.455 e. The summed E-state index contributed by atoms with van der Waals surface area (Å²) in [4.78, 5) is 0. The minimum absolute atomic E-state index is 0.0815. The number of benzene rings is 3. The first kappa shape index (κ1) is 23.3. The van der Waals surface area contributed by atoms with Crippen LogP contribution >= 0.6 is 0 Å². The standard InChI is InChI=1S/C34H38NO/c1-20(2)26-19-35(8)31(30-29(26)33(4,5)15-16-34(30,6)7)28-21(3)13-14-24-25-17-22-11-9-10-12-23(22)18-27(25)36-32(24)28/h9-14,17-20H,15-16H2,1-8H3/q+1. The number of furan rings is 1. The van der Waals surface area contributed by atoms with Crippen LogP contribution in [0.3, 0.4) is 0 Å². The van der Waals surface area contributed by atoms with Crippen molar-refractivity contribution in [2.45, 2.75) is 78.1 Å². The van der Waals surface area contributed by atoms with Crippen LogP contribution in [0.15, 0.2) is 59.1 Å². The number of aryl methyl sites for hydroxylation is 2. The second kappa shape index (κ2) is 7.68. The molecule has 184 valence electrons. The monoisotopic (exact) mass is 476 g/mol. The Bertz CT molecular complexity index is 1680. The fourth-order valence-electron chi connectivity index (χ4n) is 6.70. The molecule has 0 atom stereocenters. The van der Waals surface area contributed by atoms with Crippen LogP contribution in [0.1, 0.15) is 82.6 Å². The van der Waals surface area contributed by atoms with Crippen molar-refractivity contribution in [3.63, 3.8) is 0 Å². The van der Waals surface area contributed by atoms with E-state index in [9.17, 15) is 0 Å². The van der Waals surface area contributed by atoms with Crippen molar-refractivity contribution >= 4 is 32.7 Å². The molecule has 0 bridgehead atoms. The predicted molar refractivity (Wildman–Crippen MR) is 152 cm³/mol. The van der Waals surface area contributed by atoms with Crippen LogP contribution in [-0.4, -0.2) is 0 Å². The van der Waals surface area contributed by atoms with Crippen LogP contribution in [0.2, 0.25) is 0 Å². The highest BCUT2D eigenvalue weighted by Crippen LogP contribution is 2.52. The van der Waals surface area contributed by atoms with Crippen molar-refractivity contribution in [1.82, 2.24) is 0 Å². The lowest BCUT2D eigenvalue weighted by Gasteiger charge is -2.43. The highest BCUT2D eigenvalue weighted by atomic mass is 16.3. The van der Waals surface area contributed by atoms with Gasteiger partial charge in [-0.2, -0.15) is 0 Å². The zero-order valence-electron chi connectivity index (χ0n) is 23.0. The van der Waals surface area contributed by atoms with Gasteiger partial charge in [-0.3, -0.25) is 0 Å². The summed E-state index contributed by atoms with van der Waals surface area (Å²) in [6, 6.07) is 17.6. The lowest BCUT2D eigenvalue weighted by atomic mass is 9.60. The Kier molecular flexibility index (Phi) is 4.97. The van der Waals surface area contributed by atoms with Crippen molar-refractivity contribution in [2.75, 3.05) is 0 Å². The van der Waals surface area contributed by atoms with Crippen molar-refractivity contribution in [3.05, 3.63) is 77.0 Å². The van der Waals surface area contributed by atoms with Crippen LogP contribution in [0.5, 0.6) is 0 Å². The average molecular weight is 477 g/mol. The summed E-state index contributed by atoms with van der Waals surface area (Å²) < 4.78 is 9.15. The SMILES string of the molecule is Cc1ccc2c(oc3cc4ccccc4cc32)c1-c1c2c(c(C(C)C)c[n+]1C)C(C)(C)CCC2(C)C. The molecule has 2 heteroatoms. The van der Waals surface area contributed by atoms with Crippen LogP contribution in [0.4, 0.5) is 0 Å². The van der Waals surface area contributed by atoms with Gasteiger partial charge in [-0.05, 0) is 70.5 Å². The average Bonchev–Trinajstić information content (AvgIpc) is 3.17. The van der Waals surface area contributed by atoms with Crippen molar-refractivity contribution in [2.24, 2.45) is 7.05 Å². The third-order valence-corrected chi connectivity index (χ3v) is 8.76. The Morgan fingerprint density at radius 1 is 0.833 bits per heavy atom. The van der Waals surface area contributed by atoms with Crippen LogP contribution in [-0.2, 0) is 17.9 Å². The molecular weight excluding hydrogens is 438 g/mol. The molecule has 5 aromatic rings. The van der Waals surface area contributed by atoms with Crippen LogP contribution in [0, 0.1) is 6.92 Å².